The molecule has 3 aromatic rings. The van der Waals surface area contributed by atoms with Crippen LogP contribution in [0.25, 0.3) is 10.2 Å². The van der Waals surface area contributed by atoms with Crippen LogP contribution in [0.3, 0.4) is 0 Å². The Morgan fingerprint density at radius 3 is 2.75 bits per heavy atom. The Balaban J connectivity index is 1.47. The average molecular weight is 392 g/mol. The van der Waals surface area contributed by atoms with E-state index in [1.165, 1.54) is 10.4 Å². The lowest BCUT2D eigenvalue weighted by Gasteiger charge is -2.32. The van der Waals surface area contributed by atoms with Crippen LogP contribution >= 0.6 is 11.3 Å². The van der Waals surface area contributed by atoms with Crippen molar-refractivity contribution in [3.05, 3.63) is 46.6 Å². The molecule has 4 rings (SSSR count). The molecule has 0 atom stereocenters. The standard InChI is InChI=1S/C21H20N4O2S/c1-13-14(2)28-20-18(13)19(23-12-24-20)25-9-7-15(8-10-25)21(26)27-17-6-4-3-5-16(17)11-22/h3-6,12,15H,7-10H2,1-2H3. The van der Waals surface area contributed by atoms with Crippen LogP contribution in [0.2, 0.25) is 0 Å². The maximum Gasteiger partial charge on any atom is 0.314 e. The zero-order chi connectivity index (χ0) is 19.7. The third-order valence-electron chi connectivity index (χ3n) is 5.29. The second kappa shape index (κ2) is 7.56. The third kappa shape index (κ3) is 3.32. The van der Waals surface area contributed by atoms with E-state index in [0.29, 0.717) is 24.2 Å². The molecule has 7 heteroatoms. The number of thiophene rings is 1. The van der Waals surface area contributed by atoms with Crippen molar-refractivity contribution in [2.75, 3.05) is 18.0 Å². The Bertz CT molecular complexity index is 1080. The van der Waals surface area contributed by atoms with E-state index in [0.717, 1.165) is 29.1 Å². The molecule has 0 radical (unpaired) electrons. The van der Waals surface area contributed by atoms with Gasteiger partial charge in [-0.25, -0.2) is 9.97 Å². The number of para-hydroxylation sites is 1. The van der Waals surface area contributed by atoms with Gasteiger partial charge in [0.25, 0.3) is 0 Å². The number of anilines is 1. The van der Waals surface area contributed by atoms with Crippen LogP contribution in [0.15, 0.2) is 30.6 Å². The van der Waals surface area contributed by atoms with Gasteiger partial charge in [0.1, 0.15) is 28.8 Å². The van der Waals surface area contributed by atoms with Crippen LogP contribution in [0.1, 0.15) is 28.8 Å². The predicted octanol–water partition coefficient (Wildman–Crippen LogP) is 4.00. The van der Waals surface area contributed by atoms with Gasteiger partial charge in [-0.1, -0.05) is 12.1 Å². The number of aromatic nitrogens is 2. The predicted molar refractivity (Wildman–Crippen MR) is 109 cm³/mol. The Morgan fingerprint density at radius 2 is 2.00 bits per heavy atom. The lowest BCUT2D eigenvalue weighted by atomic mass is 9.96. The summed E-state index contributed by atoms with van der Waals surface area (Å²) in [7, 11) is 0. The zero-order valence-corrected chi connectivity index (χ0v) is 16.6. The molecular formula is C21H20N4O2S. The van der Waals surface area contributed by atoms with Gasteiger partial charge in [-0.15, -0.1) is 11.3 Å². The number of esters is 1. The van der Waals surface area contributed by atoms with E-state index in [4.69, 9.17) is 10.00 Å². The van der Waals surface area contributed by atoms with Crippen LogP contribution in [0.4, 0.5) is 5.82 Å². The highest BCUT2D eigenvalue weighted by atomic mass is 32.1. The summed E-state index contributed by atoms with van der Waals surface area (Å²) in [4.78, 5) is 26.0. The maximum atomic E-state index is 12.6. The summed E-state index contributed by atoms with van der Waals surface area (Å²) in [5, 5.41) is 10.3. The van der Waals surface area contributed by atoms with Gasteiger partial charge in [0, 0.05) is 18.0 Å². The van der Waals surface area contributed by atoms with Gasteiger partial charge < -0.3 is 9.64 Å². The fourth-order valence-electron chi connectivity index (χ4n) is 3.57. The summed E-state index contributed by atoms with van der Waals surface area (Å²) < 4.78 is 5.51. The number of aryl methyl sites for hydroxylation is 2. The van der Waals surface area contributed by atoms with E-state index in [2.05, 4.69) is 34.8 Å². The largest absolute Gasteiger partial charge is 0.425 e. The molecule has 1 aliphatic rings. The molecule has 6 nitrogen and oxygen atoms in total. The van der Waals surface area contributed by atoms with Gasteiger partial charge >= 0.3 is 5.97 Å². The van der Waals surface area contributed by atoms with Crippen LogP contribution in [-0.2, 0) is 4.79 Å². The van der Waals surface area contributed by atoms with Gasteiger partial charge in [-0.2, -0.15) is 5.26 Å². The molecule has 142 valence electrons. The average Bonchev–Trinajstić information content (AvgIpc) is 3.02. The van der Waals surface area contributed by atoms with Crippen molar-refractivity contribution in [2.24, 2.45) is 5.92 Å². The molecule has 1 aliphatic heterocycles. The van der Waals surface area contributed by atoms with Crippen molar-refractivity contribution in [1.82, 2.24) is 9.97 Å². The molecule has 1 aromatic carbocycles. The number of hydrogen-bond acceptors (Lipinski definition) is 7. The zero-order valence-electron chi connectivity index (χ0n) is 15.8. The molecular weight excluding hydrogens is 372 g/mol. The molecule has 0 N–H and O–H groups in total. The minimum absolute atomic E-state index is 0.175. The molecule has 28 heavy (non-hydrogen) atoms. The Hall–Kier alpha value is -2.98. The molecule has 2 aromatic heterocycles. The number of carbonyl (C=O) groups is 1. The number of fused-ring (bicyclic) bond motifs is 1. The second-order valence-electron chi connectivity index (χ2n) is 6.95. The third-order valence-corrected chi connectivity index (χ3v) is 6.41. The van der Waals surface area contributed by atoms with Crippen molar-refractivity contribution in [3.8, 4) is 11.8 Å². The Kier molecular flexibility index (Phi) is 4.97. The van der Waals surface area contributed by atoms with Gasteiger partial charge in [-0.3, -0.25) is 4.79 Å². The SMILES string of the molecule is Cc1sc2ncnc(N3CCC(C(=O)Oc4ccccc4C#N)CC3)c2c1C. The van der Waals surface area contributed by atoms with Crippen LogP contribution in [0.5, 0.6) is 5.75 Å². The fraction of sp³-hybridized carbons (Fsp3) is 0.333. The fourth-order valence-corrected chi connectivity index (χ4v) is 4.56. The van der Waals surface area contributed by atoms with Crippen LogP contribution in [-0.4, -0.2) is 29.0 Å². The number of nitrogens with zero attached hydrogens (tertiary/aromatic N) is 4. The van der Waals surface area contributed by atoms with E-state index in [9.17, 15) is 4.79 Å². The molecule has 0 spiro atoms. The summed E-state index contributed by atoms with van der Waals surface area (Å²) in [6.07, 6.45) is 3.01. The lowest BCUT2D eigenvalue weighted by molar-refractivity contribution is -0.139. The lowest BCUT2D eigenvalue weighted by Crippen LogP contribution is -2.38. The number of carbonyl (C=O) groups excluding carboxylic acids is 1. The van der Waals surface area contributed by atoms with E-state index < -0.39 is 0 Å². The highest BCUT2D eigenvalue weighted by Gasteiger charge is 2.29. The number of benzene rings is 1. The quantitative estimate of drug-likeness (QED) is 0.495. The first kappa shape index (κ1) is 18.4. The molecule has 0 unspecified atom stereocenters. The Morgan fingerprint density at radius 1 is 1.25 bits per heavy atom. The number of piperidine rings is 1. The monoisotopic (exact) mass is 392 g/mol. The van der Waals surface area contributed by atoms with E-state index in [1.807, 2.05) is 0 Å². The van der Waals surface area contributed by atoms with Gasteiger partial charge in [0.05, 0.1) is 16.9 Å². The second-order valence-corrected chi connectivity index (χ2v) is 8.15. The minimum atomic E-state index is -0.266. The van der Waals surface area contributed by atoms with Gasteiger partial charge in [-0.05, 0) is 44.4 Å². The molecule has 1 saturated heterocycles. The molecule has 0 saturated carbocycles. The molecule has 0 bridgehead atoms. The van der Waals surface area contributed by atoms with Crippen LogP contribution in [0, 0.1) is 31.1 Å². The summed E-state index contributed by atoms with van der Waals surface area (Å²) in [6, 6.07) is 8.88. The number of rotatable bonds is 3. The Labute approximate surface area is 167 Å². The summed E-state index contributed by atoms with van der Waals surface area (Å²) >= 11 is 1.69. The highest BCUT2D eigenvalue weighted by Crippen LogP contribution is 2.35. The topological polar surface area (TPSA) is 79.1 Å². The minimum Gasteiger partial charge on any atom is -0.425 e. The molecule has 0 amide bonds. The van der Waals surface area contributed by atoms with Crippen molar-refractivity contribution in [2.45, 2.75) is 26.7 Å². The van der Waals surface area contributed by atoms with Crippen molar-refractivity contribution >= 4 is 33.3 Å². The van der Waals surface area contributed by atoms with E-state index >= 15 is 0 Å². The summed E-state index contributed by atoms with van der Waals surface area (Å²) in [6.45, 7) is 5.69. The molecule has 3 heterocycles. The summed E-state index contributed by atoms with van der Waals surface area (Å²) in [5.41, 5.74) is 1.60. The number of nitriles is 1. The number of ether oxygens (including phenoxy) is 1. The van der Waals surface area contributed by atoms with Gasteiger partial charge in [0.15, 0.2) is 0 Å². The normalized spacial score (nSPS) is 14.8. The summed E-state index contributed by atoms with van der Waals surface area (Å²) in [5.74, 6) is 0.844. The first-order chi connectivity index (χ1) is 13.6. The maximum absolute atomic E-state index is 12.6. The van der Waals surface area contributed by atoms with E-state index in [1.54, 1.807) is 41.9 Å². The van der Waals surface area contributed by atoms with Gasteiger partial charge in [0.2, 0.25) is 0 Å². The van der Waals surface area contributed by atoms with Crippen molar-refractivity contribution in [3.63, 3.8) is 0 Å². The molecule has 1 fully saturated rings. The highest BCUT2D eigenvalue weighted by molar-refractivity contribution is 7.18. The van der Waals surface area contributed by atoms with E-state index in [-0.39, 0.29) is 11.9 Å². The first-order valence-electron chi connectivity index (χ1n) is 9.25. The van der Waals surface area contributed by atoms with Crippen molar-refractivity contribution < 1.29 is 9.53 Å². The molecule has 0 aliphatic carbocycles. The number of hydrogen-bond donors (Lipinski definition) is 0. The smallest absolute Gasteiger partial charge is 0.314 e. The van der Waals surface area contributed by atoms with Crippen LogP contribution < -0.4 is 9.64 Å². The first-order valence-corrected chi connectivity index (χ1v) is 10.1. The van der Waals surface area contributed by atoms with Crippen molar-refractivity contribution in [1.29, 1.82) is 5.26 Å².